The lowest BCUT2D eigenvalue weighted by Gasteiger charge is -2.19. The first-order chi connectivity index (χ1) is 11.3. The number of hydrogen-bond acceptors (Lipinski definition) is 3. The maximum absolute atomic E-state index is 13.0. The van der Waals surface area contributed by atoms with Crippen LogP contribution in [0.15, 0.2) is 24.3 Å². The van der Waals surface area contributed by atoms with Crippen LogP contribution in [0.4, 0.5) is 19.0 Å². The van der Waals surface area contributed by atoms with Crippen molar-refractivity contribution in [2.45, 2.75) is 51.7 Å². The topological polar surface area (TPSA) is 37.8 Å². The summed E-state index contributed by atoms with van der Waals surface area (Å²) in [6.45, 7) is 3.60. The first kappa shape index (κ1) is 16.7. The second kappa shape index (κ2) is 6.42. The highest BCUT2D eigenvalue weighted by Crippen LogP contribution is 2.36. The van der Waals surface area contributed by atoms with Gasteiger partial charge in [0.25, 0.3) is 0 Å². The highest BCUT2D eigenvalue weighted by atomic mass is 19.4. The summed E-state index contributed by atoms with van der Waals surface area (Å²) in [4.78, 5) is 8.81. The molecule has 1 fully saturated rings. The van der Waals surface area contributed by atoms with Crippen LogP contribution in [-0.2, 0) is 6.18 Å². The number of rotatable bonds is 3. The molecule has 1 heterocycles. The van der Waals surface area contributed by atoms with Crippen LogP contribution in [0.3, 0.4) is 0 Å². The average molecular weight is 335 g/mol. The lowest BCUT2D eigenvalue weighted by Crippen LogP contribution is -2.17. The Balaban J connectivity index is 2.06. The van der Waals surface area contributed by atoms with E-state index in [0.29, 0.717) is 34.5 Å². The predicted octanol–water partition coefficient (Wildman–Crippen LogP) is 5.13. The maximum atomic E-state index is 13.0. The number of benzene rings is 1. The zero-order valence-electron chi connectivity index (χ0n) is 13.7. The summed E-state index contributed by atoms with van der Waals surface area (Å²) in [6, 6.07) is 5.68. The average Bonchev–Trinajstić information content (AvgIpc) is 2.99. The molecule has 1 aliphatic rings. The first-order valence-electron chi connectivity index (χ1n) is 8.14. The van der Waals surface area contributed by atoms with Crippen LogP contribution >= 0.6 is 0 Å². The van der Waals surface area contributed by atoms with Crippen molar-refractivity contribution in [1.82, 2.24) is 9.97 Å². The second-order valence-corrected chi connectivity index (χ2v) is 6.28. The molecule has 3 rings (SSSR count). The molecule has 0 atom stereocenters. The molecule has 6 heteroatoms. The zero-order chi connectivity index (χ0) is 17.3. The summed E-state index contributed by atoms with van der Waals surface area (Å²) in [7, 11) is 0. The second-order valence-electron chi connectivity index (χ2n) is 6.28. The molecule has 1 saturated carbocycles. The van der Waals surface area contributed by atoms with Crippen molar-refractivity contribution in [3.8, 4) is 11.1 Å². The molecule has 1 aromatic heterocycles. The van der Waals surface area contributed by atoms with Gasteiger partial charge in [0.15, 0.2) is 0 Å². The highest BCUT2D eigenvalue weighted by molar-refractivity contribution is 5.77. The Hall–Kier alpha value is -2.11. The van der Waals surface area contributed by atoms with Crippen molar-refractivity contribution in [2.75, 3.05) is 5.32 Å². The molecule has 0 aliphatic heterocycles. The molecule has 0 spiro atoms. The summed E-state index contributed by atoms with van der Waals surface area (Å²) in [5.41, 5.74) is 1.16. The minimum Gasteiger partial charge on any atom is -0.367 e. The van der Waals surface area contributed by atoms with Gasteiger partial charge in [-0.1, -0.05) is 25.0 Å². The number of aryl methyl sites for hydroxylation is 2. The van der Waals surface area contributed by atoms with Gasteiger partial charge >= 0.3 is 6.18 Å². The van der Waals surface area contributed by atoms with Crippen LogP contribution in [0.25, 0.3) is 11.1 Å². The third-order valence-electron chi connectivity index (χ3n) is 4.38. The summed E-state index contributed by atoms with van der Waals surface area (Å²) >= 11 is 0. The molecule has 0 saturated heterocycles. The van der Waals surface area contributed by atoms with Crippen LogP contribution in [0.2, 0.25) is 0 Å². The lowest BCUT2D eigenvalue weighted by molar-refractivity contribution is -0.137. The van der Waals surface area contributed by atoms with Crippen LogP contribution in [0.5, 0.6) is 0 Å². The SMILES string of the molecule is Cc1nc(C)c(-c2cccc(C(F)(F)F)c2)c(NC2CCCC2)n1. The van der Waals surface area contributed by atoms with Crippen molar-refractivity contribution in [3.63, 3.8) is 0 Å². The molecule has 24 heavy (non-hydrogen) atoms. The van der Waals surface area contributed by atoms with E-state index in [1.165, 1.54) is 25.0 Å². The van der Waals surface area contributed by atoms with Gasteiger partial charge in [-0.15, -0.1) is 0 Å². The molecular formula is C18H20F3N3. The molecule has 128 valence electrons. The summed E-state index contributed by atoms with van der Waals surface area (Å²) in [6.07, 6.45) is 0.0853. The van der Waals surface area contributed by atoms with E-state index in [1.807, 2.05) is 6.92 Å². The molecular weight excluding hydrogens is 315 g/mol. The van der Waals surface area contributed by atoms with Gasteiger partial charge in [0.05, 0.1) is 11.3 Å². The quantitative estimate of drug-likeness (QED) is 0.844. The number of alkyl halides is 3. The van der Waals surface area contributed by atoms with Crippen LogP contribution in [0, 0.1) is 13.8 Å². The van der Waals surface area contributed by atoms with E-state index >= 15 is 0 Å². The van der Waals surface area contributed by atoms with E-state index < -0.39 is 11.7 Å². The Morgan fingerprint density at radius 2 is 1.79 bits per heavy atom. The van der Waals surface area contributed by atoms with Gasteiger partial charge in [-0.2, -0.15) is 13.2 Å². The smallest absolute Gasteiger partial charge is 0.367 e. The third-order valence-corrected chi connectivity index (χ3v) is 4.38. The van der Waals surface area contributed by atoms with Crippen LogP contribution < -0.4 is 5.32 Å². The van der Waals surface area contributed by atoms with Gasteiger partial charge in [-0.25, -0.2) is 9.97 Å². The van der Waals surface area contributed by atoms with Crippen molar-refractivity contribution in [2.24, 2.45) is 0 Å². The molecule has 0 bridgehead atoms. The monoisotopic (exact) mass is 335 g/mol. The fourth-order valence-electron chi connectivity index (χ4n) is 3.28. The number of nitrogens with zero attached hydrogens (tertiary/aromatic N) is 2. The molecule has 0 radical (unpaired) electrons. The van der Waals surface area contributed by atoms with Gasteiger partial charge in [0.1, 0.15) is 11.6 Å². The lowest BCUT2D eigenvalue weighted by atomic mass is 10.0. The molecule has 0 unspecified atom stereocenters. The molecule has 0 amide bonds. The standard InChI is InChI=1S/C18H20F3N3/c1-11-16(13-6-5-7-14(10-13)18(19,20)21)17(23-12(2)22-11)24-15-8-3-4-9-15/h5-7,10,15H,3-4,8-9H2,1-2H3,(H,22,23,24). The Labute approximate surface area is 139 Å². The predicted molar refractivity (Wildman–Crippen MR) is 87.8 cm³/mol. The molecule has 2 aromatic rings. The van der Waals surface area contributed by atoms with Crippen LogP contribution in [0.1, 0.15) is 42.8 Å². The van der Waals surface area contributed by atoms with Crippen molar-refractivity contribution >= 4 is 5.82 Å². The number of halogens is 3. The number of hydrogen-bond donors (Lipinski definition) is 1. The van der Waals surface area contributed by atoms with Gasteiger partial charge in [0, 0.05) is 11.6 Å². The Kier molecular flexibility index (Phi) is 4.47. The number of anilines is 1. The summed E-state index contributed by atoms with van der Waals surface area (Å²) in [5, 5.41) is 3.42. The zero-order valence-corrected chi connectivity index (χ0v) is 13.7. The van der Waals surface area contributed by atoms with Crippen molar-refractivity contribution in [3.05, 3.63) is 41.3 Å². The largest absolute Gasteiger partial charge is 0.416 e. The van der Waals surface area contributed by atoms with Gasteiger partial charge in [-0.05, 0) is 44.4 Å². The van der Waals surface area contributed by atoms with E-state index in [9.17, 15) is 13.2 Å². The van der Waals surface area contributed by atoms with Gasteiger partial charge < -0.3 is 5.32 Å². The van der Waals surface area contributed by atoms with E-state index in [2.05, 4.69) is 15.3 Å². The summed E-state index contributed by atoms with van der Waals surface area (Å²) in [5.74, 6) is 1.25. The number of aromatic nitrogens is 2. The van der Waals surface area contributed by atoms with E-state index in [4.69, 9.17) is 0 Å². The third kappa shape index (κ3) is 3.52. The normalized spacial score (nSPS) is 15.7. The van der Waals surface area contributed by atoms with Crippen molar-refractivity contribution in [1.29, 1.82) is 0 Å². The molecule has 1 N–H and O–H groups in total. The number of nitrogens with one attached hydrogen (secondary N) is 1. The van der Waals surface area contributed by atoms with Gasteiger partial charge in [-0.3, -0.25) is 0 Å². The van der Waals surface area contributed by atoms with E-state index in [1.54, 1.807) is 13.0 Å². The Morgan fingerprint density at radius 1 is 1.08 bits per heavy atom. The molecule has 3 nitrogen and oxygen atoms in total. The van der Waals surface area contributed by atoms with Gasteiger partial charge in [0.2, 0.25) is 0 Å². The first-order valence-corrected chi connectivity index (χ1v) is 8.14. The molecule has 1 aromatic carbocycles. The minimum atomic E-state index is -4.37. The van der Waals surface area contributed by atoms with E-state index in [-0.39, 0.29) is 0 Å². The molecule has 1 aliphatic carbocycles. The van der Waals surface area contributed by atoms with Crippen LogP contribution in [-0.4, -0.2) is 16.0 Å². The summed E-state index contributed by atoms with van der Waals surface area (Å²) < 4.78 is 39.1. The fraction of sp³-hybridized carbons (Fsp3) is 0.444. The Morgan fingerprint density at radius 3 is 2.46 bits per heavy atom. The van der Waals surface area contributed by atoms with E-state index in [0.717, 1.165) is 18.9 Å². The van der Waals surface area contributed by atoms with Crippen molar-refractivity contribution < 1.29 is 13.2 Å². The Bertz CT molecular complexity index is 735. The maximum Gasteiger partial charge on any atom is 0.416 e. The minimum absolute atomic E-state index is 0.322. The fourth-order valence-corrected chi connectivity index (χ4v) is 3.28. The highest BCUT2D eigenvalue weighted by Gasteiger charge is 2.31.